The number of halogens is 1. The minimum Gasteiger partial charge on any atom is -0.338 e. The lowest BCUT2D eigenvalue weighted by Gasteiger charge is -2.23. The van der Waals surface area contributed by atoms with Gasteiger partial charge < -0.3 is 10.6 Å². The molecule has 2 rings (SSSR count). The lowest BCUT2D eigenvalue weighted by atomic mass is 10.0. The molecule has 116 valence electrons. The molecule has 5 heteroatoms. The summed E-state index contributed by atoms with van der Waals surface area (Å²) >= 11 is 0. The van der Waals surface area contributed by atoms with Crippen molar-refractivity contribution < 1.29 is 9.59 Å². The second-order valence-corrected chi connectivity index (χ2v) is 5.41. The molecule has 1 aromatic rings. The fraction of sp³-hybridized carbons (Fsp3) is 0.500. The van der Waals surface area contributed by atoms with Crippen molar-refractivity contribution in [3.8, 4) is 0 Å². The number of nitrogens with two attached hydrogens (primary N) is 1. The van der Waals surface area contributed by atoms with Gasteiger partial charge >= 0.3 is 0 Å². The Labute approximate surface area is 132 Å². The van der Waals surface area contributed by atoms with E-state index in [1.54, 1.807) is 0 Å². The fourth-order valence-corrected chi connectivity index (χ4v) is 2.66. The lowest BCUT2D eigenvalue weighted by Crippen LogP contribution is -2.39. The summed E-state index contributed by atoms with van der Waals surface area (Å²) in [7, 11) is 0. The van der Waals surface area contributed by atoms with Crippen LogP contribution in [0.1, 0.15) is 41.6 Å². The van der Waals surface area contributed by atoms with Crippen molar-refractivity contribution in [1.82, 2.24) is 4.90 Å². The van der Waals surface area contributed by atoms with E-state index in [1.807, 2.05) is 36.1 Å². The molecule has 1 aliphatic heterocycles. The summed E-state index contributed by atoms with van der Waals surface area (Å²) < 4.78 is 0. The molecular formula is C16H23ClN2O2. The topological polar surface area (TPSA) is 63.4 Å². The monoisotopic (exact) mass is 310 g/mol. The van der Waals surface area contributed by atoms with E-state index in [9.17, 15) is 9.59 Å². The molecule has 0 saturated carbocycles. The fourth-order valence-electron chi connectivity index (χ4n) is 2.66. The van der Waals surface area contributed by atoms with Crippen molar-refractivity contribution in [2.45, 2.75) is 38.6 Å². The predicted octanol–water partition coefficient (Wildman–Crippen LogP) is 2.33. The average molecular weight is 311 g/mol. The van der Waals surface area contributed by atoms with Gasteiger partial charge in [0, 0.05) is 37.5 Å². The Morgan fingerprint density at radius 3 is 2.52 bits per heavy atom. The van der Waals surface area contributed by atoms with Gasteiger partial charge in [-0.15, -0.1) is 12.4 Å². The average Bonchev–Trinajstić information content (AvgIpc) is 2.93. The van der Waals surface area contributed by atoms with E-state index in [-0.39, 0.29) is 43.0 Å². The Balaban J connectivity index is 0.00000220. The van der Waals surface area contributed by atoms with Crippen LogP contribution in [-0.4, -0.2) is 35.7 Å². The van der Waals surface area contributed by atoms with Crippen LogP contribution in [0.2, 0.25) is 0 Å². The molecule has 0 aromatic heterocycles. The van der Waals surface area contributed by atoms with Crippen molar-refractivity contribution in [2.75, 3.05) is 13.1 Å². The van der Waals surface area contributed by atoms with Gasteiger partial charge in [0.1, 0.15) is 0 Å². The molecule has 21 heavy (non-hydrogen) atoms. The zero-order valence-electron chi connectivity index (χ0n) is 12.4. The minimum atomic E-state index is 0. The number of aryl methyl sites for hydroxylation is 1. The van der Waals surface area contributed by atoms with Crippen LogP contribution < -0.4 is 5.73 Å². The normalized spacial score (nSPS) is 17.4. The Morgan fingerprint density at radius 2 is 1.90 bits per heavy atom. The van der Waals surface area contributed by atoms with Crippen LogP contribution in [0.3, 0.4) is 0 Å². The molecule has 1 aliphatic rings. The molecule has 2 N–H and O–H groups in total. The van der Waals surface area contributed by atoms with Crippen LogP contribution in [0.5, 0.6) is 0 Å². The standard InChI is InChI=1S/C16H22N2O2.ClH/c1-12-4-6-13(7-5-12)15(19)8-9-16(20)18-10-2-3-14(18)11-17;/h4-7,14H,2-3,8-11,17H2,1H3;1H. The van der Waals surface area contributed by atoms with Gasteiger partial charge in [0.25, 0.3) is 0 Å². The number of amides is 1. The summed E-state index contributed by atoms with van der Waals surface area (Å²) in [5, 5.41) is 0. The number of carbonyl (C=O) groups is 2. The highest BCUT2D eigenvalue weighted by Crippen LogP contribution is 2.18. The van der Waals surface area contributed by atoms with E-state index in [4.69, 9.17) is 5.73 Å². The van der Waals surface area contributed by atoms with E-state index in [1.165, 1.54) is 0 Å². The third kappa shape index (κ3) is 4.55. The van der Waals surface area contributed by atoms with Gasteiger partial charge in [0.15, 0.2) is 5.78 Å². The number of hydrogen-bond donors (Lipinski definition) is 1. The van der Waals surface area contributed by atoms with Gasteiger partial charge in [0.05, 0.1) is 0 Å². The molecule has 1 amide bonds. The molecule has 1 fully saturated rings. The van der Waals surface area contributed by atoms with E-state index in [0.717, 1.165) is 24.9 Å². The second-order valence-electron chi connectivity index (χ2n) is 5.41. The lowest BCUT2D eigenvalue weighted by molar-refractivity contribution is -0.131. The number of rotatable bonds is 5. The number of likely N-dealkylation sites (tertiary alicyclic amines) is 1. The van der Waals surface area contributed by atoms with E-state index < -0.39 is 0 Å². The smallest absolute Gasteiger partial charge is 0.223 e. The maximum Gasteiger partial charge on any atom is 0.223 e. The maximum atomic E-state index is 12.1. The molecule has 0 bridgehead atoms. The summed E-state index contributed by atoms with van der Waals surface area (Å²) in [5.74, 6) is 0.0836. The van der Waals surface area contributed by atoms with Gasteiger partial charge in [0.2, 0.25) is 5.91 Å². The van der Waals surface area contributed by atoms with Crippen molar-refractivity contribution in [1.29, 1.82) is 0 Å². The quantitative estimate of drug-likeness (QED) is 0.849. The number of ketones is 1. The third-order valence-electron chi connectivity index (χ3n) is 3.91. The molecule has 1 unspecified atom stereocenters. The first-order chi connectivity index (χ1) is 9.61. The van der Waals surface area contributed by atoms with Crippen LogP contribution in [0.4, 0.5) is 0 Å². The Kier molecular flexibility index (Phi) is 6.85. The van der Waals surface area contributed by atoms with Crippen molar-refractivity contribution in [3.05, 3.63) is 35.4 Å². The number of Topliss-reactive ketones (excluding diaryl/α,β-unsaturated/α-hetero) is 1. The predicted molar refractivity (Wildman–Crippen MR) is 85.8 cm³/mol. The van der Waals surface area contributed by atoms with E-state index in [0.29, 0.717) is 12.1 Å². The Morgan fingerprint density at radius 1 is 1.24 bits per heavy atom. The highest BCUT2D eigenvalue weighted by atomic mass is 35.5. The summed E-state index contributed by atoms with van der Waals surface area (Å²) in [6, 6.07) is 7.64. The molecular weight excluding hydrogens is 288 g/mol. The van der Waals surface area contributed by atoms with E-state index >= 15 is 0 Å². The first-order valence-corrected chi connectivity index (χ1v) is 7.21. The molecule has 1 heterocycles. The highest BCUT2D eigenvalue weighted by Gasteiger charge is 2.27. The number of hydrogen-bond acceptors (Lipinski definition) is 3. The van der Waals surface area contributed by atoms with Crippen molar-refractivity contribution in [2.24, 2.45) is 5.73 Å². The summed E-state index contributed by atoms with van der Waals surface area (Å²) in [6.45, 7) is 3.27. The van der Waals surface area contributed by atoms with Crippen molar-refractivity contribution in [3.63, 3.8) is 0 Å². The van der Waals surface area contributed by atoms with Gasteiger partial charge in [-0.2, -0.15) is 0 Å². The Hall–Kier alpha value is -1.39. The molecule has 1 saturated heterocycles. The molecule has 0 spiro atoms. The van der Waals surface area contributed by atoms with Crippen LogP contribution in [0.15, 0.2) is 24.3 Å². The largest absolute Gasteiger partial charge is 0.338 e. The molecule has 0 radical (unpaired) electrons. The van der Waals surface area contributed by atoms with Crippen LogP contribution in [0.25, 0.3) is 0 Å². The SMILES string of the molecule is Cc1ccc(C(=O)CCC(=O)N2CCCC2CN)cc1.Cl. The zero-order chi connectivity index (χ0) is 14.5. The number of carbonyl (C=O) groups excluding carboxylic acids is 2. The van der Waals surface area contributed by atoms with Gasteiger partial charge in [-0.25, -0.2) is 0 Å². The molecule has 1 atom stereocenters. The Bertz CT molecular complexity index is 488. The highest BCUT2D eigenvalue weighted by molar-refractivity contribution is 5.98. The molecule has 4 nitrogen and oxygen atoms in total. The van der Waals surface area contributed by atoms with Crippen molar-refractivity contribution >= 4 is 24.1 Å². The third-order valence-corrected chi connectivity index (χ3v) is 3.91. The number of nitrogens with zero attached hydrogens (tertiary/aromatic N) is 1. The van der Waals surface area contributed by atoms with Gasteiger partial charge in [-0.3, -0.25) is 9.59 Å². The first kappa shape index (κ1) is 17.7. The first-order valence-electron chi connectivity index (χ1n) is 7.21. The van der Waals surface area contributed by atoms with Crippen LogP contribution >= 0.6 is 12.4 Å². The summed E-state index contributed by atoms with van der Waals surface area (Å²) in [5.41, 5.74) is 7.47. The van der Waals surface area contributed by atoms with E-state index in [2.05, 4.69) is 0 Å². The minimum absolute atomic E-state index is 0. The number of benzene rings is 1. The van der Waals surface area contributed by atoms with Crippen LogP contribution in [-0.2, 0) is 4.79 Å². The summed E-state index contributed by atoms with van der Waals surface area (Å²) in [4.78, 5) is 26.0. The molecule has 1 aromatic carbocycles. The molecule has 0 aliphatic carbocycles. The maximum absolute atomic E-state index is 12.1. The van der Waals surface area contributed by atoms with Crippen LogP contribution in [0, 0.1) is 6.92 Å². The van der Waals surface area contributed by atoms with Gasteiger partial charge in [-0.1, -0.05) is 29.8 Å². The van der Waals surface area contributed by atoms with Gasteiger partial charge in [-0.05, 0) is 19.8 Å². The zero-order valence-corrected chi connectivity index (χ0v) is 13.2. The summed E-state index contributed by atoms with van der Waals surface area (Å²) in [6.07, 6.45) is 2.55. The second kappa shape index (κ2) is 8.15.